The molecule has 0 aliphatic carbocycles. The molecule has 0 radical (unpaired) electrons. The summed E-state index contributed by atoms with van der Waals surface area (Å²) in [5.41, 5.74) is -1.75. The van der Waals surface area contributed by atoms with Gasteiger partial charge in [-0.3, -0.25) is 0 Å². The molecule has 1 unspecified atom stereocenters. The van der Waals surface area contributed by atoms with Gasteiger partial charge in [0.05, 0.1) is 10.5 Å². The molecule has 0 saturated carbocycles. The van der Waals surface area contributed by atoms with Gasteiger partial charge in [0.15, 0.2) is 0 Å². The highest BCUT2D eigenvalue weighted by Gasteiger charge is 2.35. The molecule has 1 heterocycles. The Bertz CT molecular complexity index is 822. The van der Waals surface area contributed by atoms with Crippen LogP contribution in [0.25, 0.3) is 0 Å². The number of ether oxygens (including phenoxy) is 1. The van der Waals surface area contributed by atoms with Crippen molar-refractivity contribution in [3.05, 3.63) is 28.2 Å². The molecule has 1 aromatic rings. The molecule has 1 aromatic carbocycles. The summed E-state index contributed by atoms with van der Waals surface area (Å²) in [6.07, 6.45) is -4.90. The molecular weight excluding hydrogens is 453 g/mol. The molecule has 11 heteroatoms. The number of amides is 1. The number of benzene rings is 1. The Morgan fingerprint density at radius 2 is 1.89 bits per heavy atom. The second kappa shape index (κ2) is 7.59. The molecule has 1 atom stereocenters. The van der Waals surface area contributed by atoms with Crippen molar-refractivity contribution in [2.75, 3.05) is 13.1 Å². The van der Waals surface area contributed by atoms with Crippen molar-refractivity contribution >= 4 is 32.0 Å². The molecule has 6 nitrogen and oxygen atoms in total. The maximum absolute atomic E-state index is 12.9. The molecule has 1 aliphatic rings. The second-order valence-corrected chi connectivity index (χ2v) is 9.84. The van der Waals surface area contributed by atoms with E-state index < -0.39 is 44.4 Å². The van der Waals surface area contributed by atoms with Gasteiger partial charge in [-0.1, -0.05) is 15.9 Å². The van der Waals surface area contributed by atoms with E-state index in [-0.39, 0.29) is 17.6 Å². The van der Waals surface area contributed by atoms with E-state index in [1.165, 1.54) is 4.90 Å². The lowest BCUT2D eigenvalue weighted by Gasteiger charge is -2.24. The topological polar surface area (TPSA) is 75.7 Å². The third-order valence-electron chi connectivity index (χ3n) is 3.67. The third kappa shape index (κ3) is 6.08. The summed E-state index contributed by atoms with van der Waals surface area (Å²) < 4.78 is 71.3. The highest BCUT2D eigenvalue weighted by atomic mass is 79.9. The first kappa shape index (κ1) is 22.0. The molecule has 0 spiro atoms. The summed E-state index contributed by atoms with van der Waals surface area (Å²) in [4.78, 5) is 12.9. The predicted molar refractivity (Wildman–Crippen MR) is 95.7 cm³/mol. The lowest BCUT2D eigenvalue weighted by molar-refractivity contribution is -0.137. The van der Waals surface area contributed by atoms with Crippen LogP contribution in [0.2, 0.25) is 0 Å². The summed E-state index contributed by atoms with van der Waals surface area (Å²) >= 11 is 2.91. The van der Waals surface area contributed by atoms with Crippen molar-refractivity contribution in [1.29, 1.82) is 0 Å². The van der Waals surface area contributed by atoms with Gasteiger partial charge in [0.1, 0.15) is 5.60 Å². The van der Waals surface area contributed by atoms with Crippen molar-refractivity contribution in [1.82, 2.24) is 9.62 Å². The summed E-state index contributed by atoms with van der Waals surface area (Å²) in [6.45, 7) is 5.51. The van der Waals surface area contributed by atoms with E-state index in [4.69, 9.17) is 4.74 Å². The van der Waals surface area contributed by atoms with Gasteiger partial charge in [0.2, 0.25) is 10.0 Å². The zero-order chi connectivity index (χ0) is 20.6. The number of carbonyl (C=O) groups excluding carboxylic acids is 1. The largest absolute Gasteiger partial charge is 0.444 e. The lowest BCUT2D eigenvalue weighted by Crippen LogP contribution is -2.40. The predicted octanol–water partition coefficient (Wildman–Crippen LogP) is 3.76. The molecule has 1 fully saturated rings. The van der Waals surface area contributed by atoms with E-state index in [1.807, 2.05) is 0 Å². The molecule has 152 valence electrons. The van der Waals surface area contributed by atoms with Gasteiger partial charge < -0.3 is 9.64 Å². The van der Waals surface area contributed by atoms with Crippen LogP contribution in [-0.2, 0) is 20.9 Å². The van der Waals surface area contributed by atoms with E-state index in [1.54, 1.807) is 20.8 Å². The highest BCUT2D eigenvalue weighted by Crippen LogP contribution is 2.33. The Hall–Kier alpha value is -1.33. The van der Waals surface area contributed by atoms with Gasteiger partial charge in [-0.2, -0.15) is 13.2 Å². The van der Waals surface area contributed by atoms with Crippen molar-refractivity contribution in [2.45, 2.75) is 49.9 Å². The summed E-state index contributed by atoms with van der Waals surface area (Å²) in [5, 5.41) is 0. The first-order valence-electron chi connectivity index (χ1n) is 8.05. The standard InChI is InChI=1S/C16H20BrF3N2O4S/c1-15(2,3)26-14(23)22-5-4-12(9-22)21-27(24,25)13-7-10(16(18,19)20)6-11(17)8-13/h6-8,12,21H,4-5,9H2,1-3H3. The quantitative estimate of drug-likeness (QED) is 0.726. The summed E-state index contributed by atoms with van der Waals surface area (Å²) in [6, 6.07) is 1.86. The van der Waals surface area contributed by atoms with E-state index in [0.29, 0.717) is 12.5 Å². The van der Waals surface area contributed by atoms with Crippen LogP contribution in [0.1, 0.15) is 32.8 Å². The fourth-order valence-electron chi connectivity index (χ4n) is 2.52. The molecule has 0 bridgehead atoms. The first-order chi connectivity index (χ1) is 12.2. The Kier molecular flexibility index (Phi) is 6.18. The van der Waals surface area contributed by atoms with Crippen LogP contribution in [0, 0.1) is 0 Å². The minimum atomic E-state index is -4.67. The van der Waals surface area contributed by atoms with Crippen molar-refractivity contribution < 1.29 is 31.1 Å². The van der Waals surface area contributed by atoms with E-state index >= 15 is 0 Å². The van der Waals surface area contributed by atoms with Gasteiger partial charge in [-0.15, -0.1) is 0 Å². The smallest absolute Gasteiger partial charge is 0.416 e. The van der Waals surface area contributed by atoms with Crippen molar-refractivity contribution in [2.24, 2.45) is 0 Å². The number of alkyl halides is 3. The van der Waals surface area contributed by atoms with Crippen molar-refractivity contribution in [3.63, 3.8) is 0 Å². The minimum Gasteiger partial charge on any atom is -0.444 e. The minimum absolute atomic E-state index is 0.000460. The number of likely N-dealkylation sites (tertiary alicyclic amines) is 1. The normalized spacial score (nSPS) is 18.6. The SMILES string of the molecule is CC(C)(C)OC(=O)N1CCC(NS(=O)(=O)c2cc(Br)cc(C(F)(F)F)c2)C1. The lowest BCUT2D eigenvalue weighted by atomic mass is 10.2. The monoisotopic (exact) mass is 472 g/mol. The van der Waals surface area contributed by atoms with Crippen LogP contribution < -0.4 is 4.72 Å². The summed E-state index contributed by atoms with van der Waals surface area (Å²) in [7, 11) is -4.19. The average Bonchev–Trinajstić information content (AvgIpc) is 2.92. The van der Waals surface area contributed by atoms with E-state index in [9.17, 15) is 26.4 Å². The van der Waals surface area contributed by atoms with Gasteiger partial charge in [0, 0.05) is 23.6 Å². The van der Waals surface area contributed by atoms with Crippen LogP contribution in [0.4, 0.5) is 18.0 Å². The van der Waals surface area contributed by atoms with Crippen LogP contribution in [0.5, 0.6) is 0 Å². The van der Waals surface area contributed by atoms with Crippen LogP contribution in [0.3, 0.4) is 0 Å². The molecule has 0 aromatic heterocycles. The second-order valence-electron chi connectivity index (χ2n) is 7.21. The number of carbonyl (C=O) groups is 1. The number of nitrogens with zero attached hydrogens (tertiary/aromatic N) is 1. The van der Waals surface area contributed by atoms with E-state index in [2.05, 4.69) is 20.7 Å². The van der Waals surface area contributed by atoms with Crippen LogP contribution in [-0.4, -0.2) is 44.1 Å². The van der Waals surface area contributed by atoms with E-state index in [0.717, 1.165) is 12.1 Å². The molecule has 2 rings (SSSR count). The number of nitrogens with one attached hydrogen (secondary N) is 1. The fourth-order valence-corrected chi connectivity index (χ4v) is 4.49. The Morgan fingerprint density at radius 1 is 1.26 bits per heavy atom. The Balaban J connectivity index is 2.12. The summed E-state index contributed by atoms with van der Waals surface area (Å²) in [5.74, 6) is 0. The van der Waals surface area contributed by atoms with Gasteiger partial charge in [-0.05, 0) is 45.4 Å². The fraction of sp³-hybridized carbons (Fsp3) is 0.562. The highest BCUT2D eigenvalue weighted by molar-refractivity contribution is 9.10. The van der Waals surface area contributed by atoms with Gasteiger partial charge >= 0.3 is 12.3 Å². The molecular formula is C16H20BrF3N2O4S. The average molecular weight is 473 g/mol. The Morgan fingerprint density at radius 3 is 2.44 bits per heavy atom. The molecule has 1 amide bonds. The molecule has 1 saturated heterocycles. The maximum atomic E-state index is 12.9. The zero-order valence-corrected chi connectivity index (χ0v) is 17.3. The number of hydrogen-bond donors (Lipinski definition) is 1. The Labute approximate surface area is 164 Å². The number of halogens is 4. The van der Waals surface area contributed by atoms with Crippen LogP contribution in [0.15, 0.2) is 27.6 Å². The number of rotatable bonds is 3. The van der Waals surface area contributed by atoms with Gasteiger partial charge in [0.25, 0.3) is 0 Å². The molecule has 1 aliphatic heterocycles. The third-order valence-corrected chi connectivity index (χ3v) is 5.63. The number of sulfonamides is 1. The van der Waals surface area contributed by atoms with Crippen molar-refractivity contribution in [3.8, 4) is 0 Å². The number of hydrogen-bond acceptors (Lipinski definition) is 4. The molecule has 1 N–H and O–H groups in total. The maximum Gasteiger partial charge on any atom is 0.416 e. The van der Waals surface area contributed by atoms with Gasteiger partial charge in [-0.25, -0.2) is 17.9 Å². The molecule has 27 heavy (non-hydrogen) atoms. The zero-order valence-electron chi connectivity index (χ0n) is 14.9. The van der Waals surface area contributed by atoms with Crippen LogP contribution >= 0.6 is 15.9 Å². The first-order valence-corrected chi connectivity index (χ1v) is 10.3.